The van der Waals surface area contributed by atoms with Crippen LogP contribution in [0.15, 0.2) is 77.3 Å². The van der Waals surface area contributed by atoms with Crippen molar-refractivity contribution < 1.29 is 9.32 Å². The largest absolute Gasteiger partial charge is 0.356 e. The quantitative estimate of drug-likeness (QED) is 0.551. The molecule has 0 bridgehead atoms. The van der Waals surface area contributed by atoms with E-state index < -0.39 is 0 Å². The van der Waals surface area contributed by atoms with Crippen LogP contribution in [-0.2, 0) is 6.54 Å². The summed E-state index contributed by atoms with van der Waals surface area (Å²) in [7, 11) is 0. The van der Waals surface area contributed by atoms with Crippen LogP contribution in [0.5, 0.6) is 0 Å². The molecule has 1 aromatic heterocycles. The number of fused-ring (bicyclic) bond motifs is 1. The van der Waals surface area contributed by atoms with Crippen LogP contribution in [0.25, 0.3) is 22.1 Å². The van der Waals surface area contributed by atoms with Crippen LogP contribution < -0.4 is 5.32 Å². The van der Waals surface area contributed by atoms with Crippen LogP contribution >= 0.6 is 11.6 Å². The number of hydrogen-bond acceptors (Lipinski definition) is 3. The lowest BCUT2D eigenvalue weighted by molar-refractivity contribution is 0.0950. The molecule has 26 heavy (non-hydrogen) atoms. The summed E-state index contributed by atoms with van der Waals surface area (Å²) in [6.07, 6.45) is 0. The standard InChI is InChI=1S/C21H15ClN2O2/c22-19-8-4-3-7-18(19)21(25)23-13-17-12-20(26-24-17)16-10-9-14-5-1-2-6-15(14)11-16/h1-12H,13H2,(H,23,25). The van der Waals surface area contributed by atoms with Gasteiger partial charge in [0, 0.05) is 11.6 Å². The predicted octanol–water partition coefficient (Wildman–Crippen LogP) is 5.08. The number of nitrogens with zero attached hydrogens (tertiary/aromatic N) is 1. The average molecular weight is 363 g/mol. The van der Waals surface area contributed by atoms with Gasteiger partial charge < -0.3 is 9.84 Å². The maximum absolute atomic E-state index is 12.2. The van der Waals surface area contributed by atoms with Crippen molar-refractivity contribution in [2.45, 2.75) is 6.54 Å². The number of hydrogen-bond donors (Lipinski definition) is 1. The van der Waals surface area contributed by atoms with Crippen molar-refractivity contribution in [1.29, 1.82) is 0 Å². The van der Waals surface area contributed by atoms with Crippen molar-refractivity contribution in [2.24, 2.45) is 0 Å². The molecule has 1 N–H and O–H groups in total. The first-order valence-corrected chi connectivity index (χ1v) is 8.56. The highest BCUT2D eigenvalue weighted by atomic mass is 35.5. The normalized spacial score (nSPS) is 10.8. The number of nitrogens with one attached hydrogen (secondary N) is 1. The van der Waals surface area contributed by atoms with E-state index in [1.165, 1.54) is 5.39 Å². The fraction of sp³-hybridized carbons (Fsp3) is 0.0476. The molecular formula is C21H15ClN2O2. The Labute approximate surface area is 155 Å². The third-order valence-electron chi connectivity index (χ3n) is 4.14. The van der Waals surface area contributed by atoms with E-state index in [2.05, 4.69) is 28.7 Å². The highest BCUT2D eigenvalue weighted by Crippen LogP contribution is 2.25. The Hall–Kier alpha value is -3.11. The van der Waals surface area contributed by atoms with Crippen LogP contribution in [0.2, 0.25) is 5.02 Å². The Morgan fingerprint density at radius 1 is 0.962 bits per heavy atom. The van der Waals surface area contributed by atoms with E-state index in [4.69, 9.17) is 16.1 Å². The van der Waals surface area contributed by atoms with Gasteiger partial charge in [0.25, 0.3) is 5.91 Å². The zero-order valence-corrected chi connectivity index (χ0v) is 14.5. The number of carbonyl (C=O) groups is 1. The van der Waals surface area contributed by atoms with Gasteiger partial charge in [-0.25, -0.2) is 0 Å². The molecule has 1 amide bonds. The molecule has 4 rings (SSSR count). The van der Waals surface area contributed by atoms with Crippen molar-refractivity contribution in [1.82, 2.24) is 10.5 Å². The second-order valence-corrected chi connectivity index (χ2v) is 6.31. The second-order valence-electron chi connectivity index (χ2n) is 5.91. The Morgan fingerprint density at radius 2 is 1.73 bits per heavy atom. The highest BCUT2D eigenvalue weighted by molar-refractivity contribution is 6.33. The number of amides is 1. The summed E-state index contributed by atoms with van der Waals surface area (Å²) in [4.78, 5) is 12.2. The average Bonchev–Trinajstić information content (AvgIpc) is 3.15. The van der Waals surface area contributed by atoms with Crippen molar-refractivity contribution >= 4 is 28.3 Å². The third kappa shape index (κ3) is 3.32. The summed E-state index contributed by atoms with van der Waals surface area (Å²) in [5.41, 5.74) is 2.03. The minimum absolute atomic E-state index is 0.245. The molecule has 128 valence electrons. The molecular weight excluding hydrogens is 348 g/mol. The molecule has 0 spiro atoms. The van der Waals surface area contributed by atoms with Gasteiger partial charge in [-0.2, -0.15) is 0 Å². The van der Waals surface area contributed by atoms with Gasteiger partial charge in [-0.1, -0.05) is 65.3 Å². The molecule has 1 heterocycles. The molecule has 5 heteroatoms. The Bertz CT molecular complexity index is 1090. The molecule has 0 saturated heterocycles. The van der Waals surface area contributed by atoms with E-state index in [0.29, 0.717) is 22.0 Å². The molecule has 0 atom stereocenters. The summed E-state index contributed by atoms with van der Waals surface area (Å²) >= 11 is 6.04. The van der Waals surface area contributed by atoms with Crippen LogP contribution in [-0.4, -0.2) is 11.1 Å². The van der Waals surface area contributed by atoms with Crippen LogP contribution in [0.3, 0.4) is 0 Å². The minimum Gasteiger partial charge on any atom is -0.356 e. The molecule has 0 aliphatic rings. The molecule has 0 unspecified atom stereocenters. The van der Waals surface area contributed by atoms with Gasteiger partial charge in [0.1, 0.15) is 5.69 Å². The molecule has 4 nitrogen and oxygen atoms in total. The van der Waals surface area contributed by atoms with Crippen LogP contribution in [0, 0.1) is 0 Å². The lowest BCUT2D eigenvalue weighted by atomic mass is 10.1. The molecule has 0 aliphatic carbocycles. The maximum Gasteiger partial charge on any atom is 0.253 e. The van der Waals surface area contributed by atoms with E-state index >= 15 is 0 Å². The first kappa shape index (κ1) is 16.4. The summed E-state index contributed by atoms with van der Waals surface area (Å²) in [5, 5.41) is 9.56. The van der Waals surface area contributed by atoms with Gasteiger partial charge in [-0.3, -0.25) is 4.79 Å². The van der Waals surface area contributed by atoms with Gasteiger partial charge in [0.05, 0.1) is 17.1 Å². The van der Waals surface area contributed by atoms with Gasteiger partial charge in [0.2, 0.25) is 0 Å². The SMILES string of the molecule is O=C(NCc1cc(-c2ccc3ccccc3c2)on1)c1ccccc1Cl. The van der Waals surface area contributed by atoms with E-state index in [9.17, 15) is 4.79 Å². The summed E-state index contributed by atoms with van der Waals surface area (Å²) < 4.78 is 5.43. The molecule has 0 saturated carbocycles. The highest BCUT2D eigenvalue weighted by Gasteiger charge is 2.12. The number of carbonyl (C=O) groups excluding carboxylic acids is 1. The lowest BCUT2D eigenvalue weighted by Gasteiger charge is -2.04. The monoisotopic (exact) mass is 362 g/mol. The summed E-state index contributed by atoms with van der Waals surface area (Å²) in [5.74, 6) is 0.420. The molecule has 0 fully saturated rings. The van der Waals surface area contributed by atoms with Crippen molar-refractivity contribution in [3.8, 4) is 11.3 Å². The Kier molecular flexibility index (Phi) is 4.42. The number of halogens is 1. The lowest BCUT2D eigenvalue weighted by Crippen LogP contribution is -2.23. The van der Waals surface area contributed by atoms with Crippen molar-refractivity contribution in [2.75, 3.05) is 0 Å². The molecule has 3 aromatic carbocycles. The zero-order valence-electron chi connectivity index (χ0n) is 13.8. The number of rotatable bonds is 4. The fourth-order valence-electron chi connectivity index (χ4n) is 2.79. The smallest absolute Gasteiger partial charge is 0.253 e. The molecule has 0 radical (unpaired) electrons. The minimum atomic E-state index is -0.245. The van der Waals surface area contributed by atoms with Crippen LogP contribution in [0.4, 0.5) is 0 Å². The number of benzene rings is 3. The maximum atomic E-state index is 12.2. The zero-order chi connectivity index (χ0) is 17.9. The van der Waals surface area contributed by atoms with Crippen molar-refractivity contribution in [3.05, 3.63) is 89.1 Å². The topological polar surface area (TPSA) is 55.1 Å². The van der Waals surface area contributed by atoms with Crippen molar-refractivity contribution in [3.63, 3.8) is 0 Å². The number of aromatic nitrogens is 1. The first-order chi connectivity index (χ1) is 12.7. The predicted molar refractivity (Wildman–Crippen MR) is 102 cm³/mol. The fourth-order valence-corrected chi connectivity index (χ4v) is 3.01. The van der Waals surface area contributed by atoms with E-state index in [1.807, 2.05) is 30.3 Å². The van der Waals surface area contributed by atoms with Gasteiger partial charge in [-0.05, 0) is 29.0 Å². The van der Waals surface area contributed by atoms with E-state index in [-0.39, 0.29) is 12.5 Å². The van der Waals surface area contributed by atoms with Gasteiger partial charge >= 0.3 is 0 Å². The molecule has 0 aliphatic heterocycles. The third-order valence-corrected chi connectivity index (χ3v) is 4.47. The van der Waals surface area contributed by atoms with E-state index in [0.717, 1.165) is 10.9 Å². The van der Waals surface area contributed by atoms with Crippen LogP contribution in [0.1, 0.15) is 16.1 Å². The Balaban J connectivity index is 1.49. The molecule has 4 aromatic rings. The summed E-state index contributed by atoms with van der Waals surface area (Å²) in [6.45, 7) is 0.265. The van der Waals surface area contributed by atoms with E-state index in [1.54, 1.807) is 24.3 Å². The summed E-state index contributed by atoms with van der Waals surface area (Å²) in [6, 6.07) is 23.0. The Morgan fingerprint density at radius 3 is 2.58 bits per heavy atom. The van der Waals surface area contributed by atoms with Gasteiger partial charge in [-0.15, -0.1) is 0 Å². The second kappa shape index (κ2) is 7.02. The first-order valence-electron chi connectivity index (χ1n) is 8.18. The van der Waals surface area contributed by atoms with Gasteiger partial charge in [0.15, 0.2) is 5.76 Å².